The van der Waals surface area contributed by atoms with Crippen LogP contribution in [0.4, 0.5) is 0 Å². The number of benzene rings is 1. The Morgan fingerprint density at radius 3 is 2.69 bits per heavy atom. The van der Waals surface area contributed by atoms with E-state index in [4.69, 9.17) is 5.11 Å². The highest BCUT2D eigenvalue weighted by atomic mass is 16.3. The Labute approximate surface area is 96.3 Å². The first-order valence-corrected chi connectivity index (χ1v) is 5.88. The van der Waals surface area contributed by atoms with Crippen LogP contribution in [0, 0.1) is 0 Å². The predicted octanol–water partition coefficient (Wildman–Crippen LogP) is 1.00. The molecule has 0 aliphatic carbocycles. The topological polar surface area (TPSA) is 43.7 Å². The summed E-state index contributed by atoms with van der Waals surface area (Å²) in [6.07, 6.45) is 1.20. The zero-order chi connectivity index (χ0) is 11.4. The largest absolute Gasteiger partial charge is 0.396 e. The fraction of sp³-hybridized carbons (Fsp3) is 0.538. The third-order valence-corrected chi connectivity index (χ3v) is 3.28. The predicted molar refractivity (Wildman–Crippen MR) is 63.0 cm³/mol. The molecule has 1 aliphatic rings. The van der Waals surface area contributed by atoms with E-state index in [1.54, 1.807) is 0 Å². The van der Waals surface area contributed by atoms with Crippen LogP contribution in [-0.4, -0.2) is 40.4 Å². The van der Waals surface area contributed by atoms with Gasteiger partial charge >= 0.3 is 0 Å². The number of hydrogen-bond acceptors (Lipinski definition) is 3. The van der Waals surface area contributed by atoms with E-state index in [1.165, 1.54) is 5.56 Å². The summed E-state index contributed by atoms with van der Waals surface area (Å²) in [5.74, 6) is 0. The molecular formula is C13H19NO2. The summed E-state index contributed by atoms with van der Waals surface area (Å²) in [7, 11) is 0. The summed E-state index contributed by atoms with van der Waals surface area (Å²) >= 11 is 0. The van der Waals surface area contributed by atoms with Crippen LogP contribution in [0.25, 0.3) is 0 Å². The Morgan fingerprint density at radius 1 is 1.25 bits per heavy atom. The Kier molecular flexibility index (Phi) is 3.93. The number of rotatable bonds is 4. The van der Waals surface area contributed by atoms with Crippen molar-refractivity contribution in [2.75, 3.05) is 13.2 Å². The van der Waals surface area contributed by atoms with Gasteiger partial charge in [-0.3, -0.25) is 4.90 Å². The van der Waals surface area contributed by atoms with Gasteiger partial charge in [0, 0.05) is 25.7 Å². The molecule has 16 heavy (non-hydrogen) atoms. The summed E-state index contributed by atoms with van der Waals surface area (Å²) in [6, 6.07) is 10.4. The molecule has 2 atom stereocenters. The lowest BCUT2D eigenvalue weighted by atomic mass is 10.1. The molecule has 1 saturated heterocycles. The molecule has 2 rings (SSSR count). The Hall–Kier alpha value is -0.900. The lowest BCUT2D eigenvalue weighted by Gasteiger charge is -2.25. The molecule has 88 valence electrons. The van der Waals surface area contributed by atoms with Crippen molar-refractivity contribution < 1.29 is 10.2 Å². The van der Waals surface area contributed by atoms with Crippen LogP contribution < -0.4 is 0 Å². The standard InChI is InChI=1S/C13H19NO2/c15-9-7-12-13(16)6-8-14(12)10-11-4-2-1-3-5-11/h1-5,12-13,15-16H,6-10H2/t12-,13+/m1/s1. The van der Waals surface area contributed by atoms with Crippen LogP contribution in [0.15, 0.2) is 30.3 Å². The van der Waals surface area contributed by atoms with Crippen LogP contribution >= 0.6 is 0 Å². The molecule has 1 aliphatic heterocycles. The van der Waals surface area contributed by atoms with Gasteiger partial charge in [-0.15, -0.1) is 0 Å². The molecule has 0 aromatic heterocycles. The van der Waals surface area contributed by atoms with E-state index in [1.807, 2.05) is 18.2 Å². The first-order valence-electron chi connectivity index (χ1n) is 5.88. The summed E-state index contributed by atoms with van der Waals surface area (Å²) < 4.78 is 0. The van der Waals surface area contributed by atoms with Crippen molar-refractivity contribution in [1.29, 1.82) is 0 Å². The van der Waals surface area contributed by atoms with Crippen LogP contribution in [0.1, 0.15) is 18.4 Å². The van der Waals surface area contributed by atoms with Crippen molar-refractivity contribution in [2.24, 2.45) is 0 Å². The molecule has 2 N–H and O–H groups in total. The van der Waals surface area contributed by atoms with Crippen molar-refractivity contribution in [2.45, 2.75) is 31.5 Å². The molecule has 1 aromatic carbocycles. The first kappa shape index (κ1) is 11.6. The molecule has 0 bridgehead atoms. The third-order valence-electron chi connectivity index (χ3n) is 3.28. The van der Waals surface area contributed by atoms with Gasteiger partial charge in [-0.05, 0) is 18.4 Å². The second-order valence-electron chi connectivity index (χ2n) is 4.39. The van der Waals surface area contributed by atoms with Gasteiger partial charge in [0.05, 0.1) is 6.10 Å². The van der Waals surface area contributed by atoms with Gasteiger partial charge in [-0.1, -0.05) is 30.3 Å². The van der Waals surface area contributed by atoms with Crippen LogP contribution in [0.2, 0.25) is 0 Å². The number of nitrogens with zero attached hydrogens (tertiary/aromatic N) is 1. The van der Waals surface area contributed by atoms with E-state index in [2.05, 4.69) is 17.0 Å². The lowest BCUT2D eigenvalue weighted by molar-refractivity contribution is 0.0919. The Balaban J connectivity index is 1.99. The van der Waals surface area contributed by atoms with Gasteiger partial charge < -0.3 is 10.2 Å². The van der Waals surface area contributed by atoms with E-state index in [0.29, 0.717) is 6.42 Å². The Bertz CT molecular complexity index is 315. The van der Waals surface area contributed by atoms with Gasteiger partial charge in [0.1, 0.15) is 0 Å². The minimum atomic E-state index is -0.282. The highest BCUT2D eigenvalue weighted by Gasteiger charge is 2.31. The van der Waals surface area contributed by atoms with Crippen LogP contribution in [-0.2, 0) is 6.54 Å². The van der Waals surface area contributed by atoms with Gasteiger partial charge in [0.2, 0.25) is 0 Å². The van der Waals surface area contributed by atoms with E-state index >= 15 is 0 Å². The highest BCUT2D eigenvalue weighted by Crippen LogP contribution is 2.22. The summed E-state index contributed by atoms with van der Waals surface area (Å²) in [5, 5.41) is 18.8. The van der Waals surface area contributed by atoms with E-state index in [9.17, 15) is 5.11 Å². The van der Waals surface area contributed by atoms with Gasteiger partial charge in [0.25, 0.3) is 0 Å². The summed E-state index contributed by atoms with van der Waals surface area (Å²) in [5.41, 5.74) is 1.26. The zero-order valence-electron chi connectivity index (χ0n) is 9.42. The fourth-order valence-electron chi connectivity index (χ4n) is 2.42. The molecular weight excluding hydrogens is 202 g/mol. The van der Waals surface area contributed by atoms with Crippen molar-refractivity contribution in [1.82, 2.24) is 4.90 Å². The smallest absolute Gasteiger partial charge is 0.0708 e. The molecule has 1 fully saturated rings. The average Bonchev–Trinajstić information content (AvgIpc) is 2.64. The zero-order valence-corrected chi connectivity index (χ0v) is 9.42. The summed E-state index contributed by atoms with van der Waals surface area (Å²) in [4.78, 5) is 2.26. The molecule has 0 amide bonds. The normalized spacial score (nSPS) is 26.1. The molecule has 0 spiro atoms. The number of aliphatic hydroxyl groups excluding tert-OH is 2. The number of likely N-dealkylation sites (tertiary alicyclic amines) is 1. The van der Waals surface area contributed by atoms with Crippen LogP contribution in [0.5, 0.6) is 0 Å². The second-order valence-corrected chi connectivity index (χ2v) is 4.39. The molecule has 0 unspecified atom stereocenters. The Morgan fingerprint density at radius 2 is 2.00 bits per heavy atom. The van der Waals surface area contributed by atoms with Gasteiger partial charge in [0.15, 0.2) is 0 Å². The highest BCUT2D eigenvalue weighted by molar-refractivity contribution is 5.15. The maximum atomic E-state index is 9.82. The second kappa shape index (κ2) is 5.43. The summed E-state index contributed by atoms with van der Waals surface area (Å²) in [6.45, 7) is 1.93. The van der Waals surface area contributed by atoms with Crippen molar-refractivity contribution in [3.05, 3.63) is 35.9 Å². The quantitative estimate of drug-likeness (QED) is 0.797. The third kappa shape index (κ3) is 2.61. The number of aliphatic hydroxyl groups is 2. The van der Waals surface area contributed by atoms with E-state index in [0.717, 1.165) is 19.5 Å². The minimum absolute atomic E-state index is 0.116. The lowest BCUT2D eigenvalue weighted by Crippen LogP contribution is -2.35. The first-order chi connectivity index (χ1) is 7.81. The fourth-order valence-corrected chi connectivity index (χ4v) is 2.42. The molecule has 0 saturated carbocycles. The molecule has 1 heterocycles. The van der Waals surface area contributed by atoms with Gasteiger partial charge in [-0.25, -0.2) is 0 Å². The monoisotopic (exact) mass is 221 g/mol. The van der Waals surface area contributed by atoms with E-state index < -0.39 is 0 Å². The molecule has 0 radical (unpaired) electrons. The van der Waals surface area contributed by atoms with Crippen LogP contribution in [0.3, 0.4) is 0 Å². The van der Waals surface area contributed by atoms with Crippen molar-refractivity contribution in [3.8, 4) is 0 Å². The van der Waals surface area contributed by atoms with E-state index in [-0.39, 0.29) is 18.8 Å². The average molecular weight is 221 g/mol. The molecule has 1 aromatic rings. The minimum Gasteiger partial charge on any atom is -0.396 e. The number of hydrogen-bond donors (Lipinski definition) is 2. The molecule has 3 nitrogen and oxygen atoms in total. The van der Waals surface area contributed by atoms with Crippen molar-refractivity contribution >= 4 is 0 Å². The van der Waals surface area contributed by atoms with Crippen molar-refractivity contribution in [3.63, 3.8) is 0 Å². The SMILES string of the molecule is OCC[C@@H]1[C@@H](O)CCN1Cc1ccccc1. The maximum absolute atomic E-state index is 9.82. The molecule has 3 heteroatoms. The maximum Gasteiger partial charge on any atom is 0.0708 e. The van der Waals surface area contributed by atoms with Gasteiger partial charge in [-0.2, -0.15) is 0 Å².